The maximum absolute atomic E-state index is 5.60. The first kappa shape index (κ1) is 15.3. The van der Waals surface area contributed by atoms with Crippen LogP contribution in [-0.4, -0.2) is 38.3 Å². The summed E-state index contributed by atoms with van der Waals surface area (Å²) in [4.78, 5) is 8.73. The molecule has 4 nitrogen and oxygen atoms in total. The Kier molecular flexibility index (Phi) is 5.14. The number of nitrogens with one attached hydrogen (secondary N) is 1. The van der Waals surface area contributed by atoms with Crippen LogP contribution < -0.4 is 10.2 Å². The number of rotatable bonds is 5. The van der Waals surface area contributed by atoms with E-state index < -0.39 is 0 Å². The van der Waals surface area contributed by atoms with Gasteiger partial charge in [0.15, 0.2) is 5.13 Å². The predicted molar refractivity (Wildman–Crippen MR) is 88.3 cm³/mol. The Morgan fingerprint density at radius 2 is 2.29 bits per heavy atom. The summed E-state index contributed by atoms with van der Waals surface area (Å²) in [6, 6.07) is 0.524. The van der Waals surface area contributed by atoms with E-state index in [-0.39, 0.29) is 0 Å². The van der Waals surface area contributed by atoms with Gasteiger partial charge in [-0.3, -0.25) is 0 Å². The number of anilines is 1. The minimum absolute atomic E-state index is 0.524. The van der Waals surface area contributed by atoms with Crippen molar-refractivity contribution >= 4 is 16.5 Å². The van der Waals surface area contributed by atoms with Gasteiger partial charge in [0.1, 0.15) is 0 Å². The fourth-order valence-corrected chi connectivity index (χ4v) is 4.62. The molecule has 1 aromatic rings. The molecule has 5 heteroatoms. The molecule has 0 bridgehead atoms. The number of thiazole rings is 1. The molecule has 1 aromatic heterocycles. The Labute approximate surface area is 131 Å². The number of nitrogens with zero attached hydrogens (tertiary/aromatic N) is 2. The summed E-state index contributed by atoms with van der Waals surface area (Å²) in [6.45, 7) is 6.14. The third kappa shape index (κ3) is 3.58. The average Bonchev–Trinajstić information content (AvgIpc) is 2.94. The Bertz CT molecular complexity index is 456. The number of fused-ring (bicyclic) bond motifs is 1. The van der Waals surface area contributed by atoms with Gasteiger partial charge in [-0.15, -0.1) is 0 Å². The van der Waals surface area contributed by atoms with Gasteiger partial charge in [-0.1, -0.05) is 18.3 Å². The molecule has 1 fully saturated rings. The van der Waals surface area contributed by atoms with Gasteiger partial charge in [0.05, 0.1) is 12.3 Å². The number of hydrogen-bond donors (Lipinski definition) is 1. The van der Waals surface area contributed by atoms with Gasteiger partial charge in [-0.25, -0.2) is 4.98 Å². The van der Waals surface area contributed by atoms with Crippen LogP contribution in [0.3, 0.4) is 0 Å². The largest absolute Gasteiger partial charge is 0.381 e. The Morgan fingerprint density at radius 1 is 1.38 bits per heavy atom. The van der Waals surface area contributed by atoms with Crippen molar-refractivity contribution in [1.29, 1.82) is 0 Å². The summed E-state index contributed by atoms with van der Waals surface area (Å²) < 4.78 is 5.60. The van der Waals surface area contributed by atoms with E-state index in [9.17, 15) is 0 Å². The highest BCUT2D eigenvalue weighted by molar-refractivity contribution is 7.15. The first-order chi connectivity index (χ1) is 10.3. The van der Waals surface area contributed by atoms with Crippen LogP contribution in [0.25, 0.3) is 0 Å². The molecule has 1 aliphatic heterocycles. The number of ether oxygens (including phenoxy) is 1. The predicted octanol–water partition coefficient (Wildman–Crippen LogP) is 2.99. The van der Waals surface area contributed by atoms with E-state index in [2.05, 4.69) is 24.2 Å². The molecule has 0 saturated carbocycles. The zero-order chi connectivity index (χ0) is 14.7. The second-order valence-electron chi connectivity index (χ2n) is 6.27. The summed E-state index contributed by atoms with van der Waals surface area (Å²) in [6.07, 6.45) is 6.15. The third-order valence-electron chi connectivity index (χ3n) is 4.50. The van der Waals surface area contributed by atoms with Crippen molar-refractivity contribution in [2.45, 2.75) is 45.1 Å². The van der Waals surface area contributed by atoms with E-state index in [0.717, 1.165) is 32.7 Å². The van der Waals surface area contributed by atoms with Crippen molar-refractivity contribution in [3.63, 3.8) is 0 Å². The monoisotopic (exact) mass is 309 g/mol. The van der Waals surface area contributed by atoms with Crippen molar-refractivity contribution in [3.8, 4) is 0 Å². The molecule has 2 heterocycles. The van der Waals surface area contributed by atoms with Gasteiger partial charge in [0.2, 0.25) is 0 Å². The summed E-state index contributed by atoms with van der Waals surface area (Å²) in [5.74, 6) is 0.661. The lowest BCUT2D eigenvalue weighted by atomic mass is 9.98. The molecule has 0 amide bonds. The molecule has 1 saturated heterocycles. The van der Waals surface area contributed by atoms with Gasteiger partial charge in [0.25, 0.3) is 0 Å². The van der Waals surface area contributed by atoms with Crippen molar-refractivity contribution in [3.05, 3.63) is 10.6 Å². The molecule has 0 radical (unpaired) electrons. The zero-order valence-corrected chi connectivity index (χ0v) is 14.0. The van der Waals surface area contributed by atoms with Gasteiger partial charge in [-0.2, -0.15) is 0 Å². The summed E-state index contributed by atoms with van der Waals surface area (Å²) in [7, 11) is 2.18. The Hall–Kier alpha value is -0.650. The van der Waals surface area contributed by atoms with Crippen LogP contribution in [0.5, 0.6) is 0 Å². The van der Waals surface area contributed by atoms with Crippen LogP contribution >= 0.6 is 11.3 Å². The zero-order valence-electron chi connectivity index (χ0n) is 13.2. The van der Waals surface area contributed by atoms with Gasteiger partial charge in [0, 0.05) is 31.1 Å². The second-order valence-corrected chi connectivity index (χ2v) is 7.28. The highest BCUT2D eigenvalue weighted by atomic mass is 32.1. The van der Waals surface area contributed by atoms with E-state index in [4.69, 9.17) is 9.72 Å². The first-order valence-electron chi connectivity index (χ1n) is 8.29. The van der Waals surface area contributed by atoms with Gasteiger partial charge in [-0.05, 0) is 44.6 Å². The van der Waals surface area contributed by atoms with Crippen molar-refractivity contribution in [1.82, 2.24) is 10.3 Å². The van der Waals surface area contributed by atoms with Crippen LogP contribution in [0.1, 0.15) is 49.2 Å². The molecule has 2 unspecified atom stereocenters. The molecule has 1 N–H and O–H groups in total. The number of aryl methyl sites for hydroxylation is 1. The molecule has 21 heavy (non-hydrogen) atoms. The molecule has 2 atom stereocenters. The lowest BCUT2D eigenvalue weighted by Gasteiger charge is -2.26. The van der Waals surface area contributed by atoms with Crippen molar-refractivity contribution in [2.24, 2.45) is 5.92 Å². The fourth-order valence-electron chi connectivity index (χ4n) is 3.43. The van der Waals surface area contributed by atoms with Crippen LogP contribution in [0.4, 0.5) is 5.13 Å². The molecule has 0 aromatic carbocycles. The van der Waals surface area contributed by atoms with Crippen LogP contribution in [0.15, 0.2) is 0 Å². The molecular weight excluding hydrogens is 282 g/mol. The second kappa shape index (κ2) is 7.07. The van der Waals surface area contributed by atoms with Gasteiger partial charge < -0.3 is 15.0 Å². The van der Waals surface area contributed by atoms with Crippen molar-refractivity contribution < 1.29 is 4.74 Å². The maximum Gasteiger partial charge on any atom is 0.185 e. The van der Waals surface area contributed by atoms with Crippen LogP contribution in [0, 0.1) is 5.92 Å². The molecular formula is C16H27N3OS. The summed E-state index contributed by atoms with van der Waals surface area (Å²) in [5, 5.41) is 4.80. The van der Waals surface area contributed by atoms with Crippen LogP contribution in [-0.2, 0) is 11.2 Å². The van der Waals surface area contributed by atoms with E-state index in [1.807, 2.05) is 11.3 Å². The fraction of sp³-hybridized carbons (Fsp3) is 0.812. The molecule has 1 aliphatic carbocycles. The quantitative estimate of drug-likeness (QED) is 0.907. The number of aromatic nitrogens is 1. The lowest BCUT2D eigenvalue weighted by Crippen LogP contribution is -2.30. The average molecular weight is 309 g/mol. The third-order valence-corrected chi connectivity index (χ3v) is 5.83. The molecule has 2 aliphatic rings. The van der Waals surface area contributed by atoms with Crippen molar-refractivity contribution in [2.75, 3.05) is 38.3 Å². The van der Waals surface area contributed by atoms with Gasteiger partial charge >= 0.3 is 0 Å². The van der Waals surface area contributed by atoms with E-state index in [0.29, 0.717) is 12.0 Å². The smallest absolute Gasteiger partial charge is 0.185 e. The SMILES string of the molecule is CCNC1CCCc2nc(N(C)CC3CCCOC3)sc21. The Morgan fingerprint density at radius 3 is 3.05 bits per heavy atom. The lowest BCUT2D eigenvalue weighted by molar-refractivity contribution is 0.0576. The maximum atomic E-state index is 5.60. The van der Waals surface area contributed by atoms with E-state index in [1.54, 1.807) is 0 Å². The molecule has 118 valence electrons. The minimum Gasteiger partial charge on any atom is -0.381 e. The first-order valence-corrected chi connectivity index (χ1v) is 9.11. The Balaban J connectivity index is 1.67. The normalized spacial score (nSPS) is 25.6. The van der Waals surface area contributed by atoms with E-state index in [1.165, 1.54) is 41.4 Å². The number of hydrogen-bond acceptors (Lipinski definition) is 5. The molecule has 0 spiro atoms. The summed E-state index contributed by atoms with van der Waals surface area (Å²) in [5.41, 5.74) is 1.33. The van der Waals surface area contributed by atoms with E-state index >= 15 is 0 Å². The summed E-state index contributed by atoms with van der Waals surface area (Å²) >= 11 is 1.89. The molecule has 3 rings (SSSR count). The minimum atomic E-state index is 0.524. The standard InChI is InChI=1S/C16H27N3OS/c1-3-17-13-7-4-8-14-15(13)21-16(18-14)19(2)10-12-6-5-9-20-11-12/h12-13,17H,3-11H2,1-2H3. The van der Waals surface area contributed by atoms with Crippen LogP contribution in [0.2, 0.25) is 0 Å². The highest BCUT2D eigenvalue weighted by Crippen LogP contribution is 2.37. The topological polar surface area (TPSA) is 37.4 Å². The highest BCUT2D eigenvalue weighted by Gasteiger charge is 2.25.